The molecule has 1 fully saturated rings. The quantitative estimate of drug-likeness (QED) is 0.808. The Hall–Kier alpha value is -1.64. The fourth-order valence-electron chi connectivity index (χ4n) is 2.20. The summed E-state index contributed by atoms with van der Waals surface area (Å²) < 4.78 is 82.4. The highest BCUT2D eigenvalue weighted by molar-refractivity contribution is 5.65. The van der Waals surface area contributed by atoms with Crippen LogP contribution in [-0.2, 0) is 10.9 Å². The predicted octanol–water partition coefficient (Wildman–Crippen LogP) is 3.18. The van der Waals surface area contributed by atoms with Crippen LogP contribution >= 0.6 is 0 Å². The zero-order valence-corrected chi connectivity index (χ0v) is 10.5. The molecular formula is C12H11F6NO2. The van der Waals surface area contributed by atoms with Crippen molar-refractivity contribution >= 4 is 5.69 Å². The Labute approximate surface area is 115 Å². The molecule has 118 valence electrons. The average Bonchev–Trinajstić information content (AvgIpc) is 2.36. The minimum Gasteiger partial charge on any atom is -0.506 e. The monoisotopic (exact) mass is 315 g/mol. The first kappa shape index (κ1) is 15.7. The molecule has 0 aliphatic carbocycles. The number of halogens is 6. The van der Waals surface area contributed by atoms with Crippen molar-refractivity contribution in [2.24, 2.45) is 0 Å². The van der Waals surface area contributed by atoms with E-state index >= 15 is 0 Å². The van der Waals surface area contributed by atoms with Crippen LogP contribution < -0.4 is 4.90 Å². The second-order valence-corrected chi connectivity index (χ2v) is 4.50. The van der Waals surface area contributed by atoms with E-state index in [1.807, 2.05) is 0 Å². The Morgan fingerprint density at radius 2 is 1.81 bits per heavy atom. The molecule has 0 amide bonds. The second-order valence-electron chi connectivity index (χ2n) is 4.50. The summed E-state index contributed by atoms with van der Waals surface area (Å²) in [6.45, 7) is -1.34. The van der Waals surface area contributed by atoms with E-state index in [2.05, 4.69) is 0 Å². The van der Waals surface area contributed by atoms with E-state index in [1.54, 1.807) is 0 Å². The van der Waals surface area contributed by atoms with Crippen molar-refractivity contribution in [3.8, 4) is 5.75 Å². The molecule has 1 heterocycles. The van der Waals surface area contributed by atoms with Gasteiger partial charge >= 0.3 is 12.4 Å². The lowest BCUT2D eigenvalue weighted by Crippen LogP contribution is -2.54. The first-order valence-electron chi connectivity index (χ1n) is 5.92. The van der Waals surface area contributed by atoms with Crippen LogP contribution in [0.3, 0.4) is 0 Å². The number of rotatable bonds is 1. The van der Waals surface area contributed by atoms with Crippen molar-refractivity contribution in [2.75, 3.05) is 24.7 Å². The lowest BCUT2D eigenvalue weighted by atomic mass is 10.1. The van der Waals surface area contributed by atoms with Crippen LogP contribution in [0.5, 0.6) is 5.75 Å². The number of phenolic OH excluding ortho intramolecular Hbond substituents is 1. The summed E-state index contributed by atoms with van der Waals surface area (Å²) in [6.07, 6.45) is -9.64. The van der Waals surface area contributed by atoms with E-state index in [0.29, 0.717) is 11.0 Å². The molecule has 1 aromatic carbocycles. The van der Waals surface area contributed by atoms with E-state index in [9.17, 15) is 31.4 Å². The van der Waals surface area contributed by atoms with E-state index in [-0.39, 0.29) is 6.61 Å². The molecular weight excluding hydrogens is 304 g/mol. The SMILES string of the molecule is Oc1cccc(C(F)(F)F)c1N1CCOCC1C(F)(F)F. The molecule has 21 heavy (non-hydrogen) atoms. The predicted molar refractivity (Wildman–Crippen MR) is 61.1 cm³/mol. The van der Waals surface area contributed by atoms with Gasteiger partial charge in [0.2, 0.25) is 0 Å². The van der Waals surface area contributed by atoms with E-state index in [4.69, 9.17) is 4.74 Å². The molecule has 0 saturated carbocycles. The van der Waals surface area contributed by atoms with Crippen molar-refractivity contribution in [3.05, 3.63) is 23.8 Å². The van der Waals surface area contributed by atoms with Gasteiger partial charge in [-0.05, 0) is 12.1 Å². The maximum absolute atomic E-state index is 13.0. The van der Waals surface area contributed by atoms with Crippen molar-refractivity contribution in [1.29, 1.82) is 0 Å². The lowest BCUT2D eigenvalue weighted by molar-refractivity contribution is -0.168. The highest BCUT2D eigenvalue weighted by Gasteiger charge is 2.48. The molecule has 1 saturated heterocycles. The molecule has 1 aliphatic rings. The summed E-state index contributed by atoms with van der Waals surface area (Å²) in [5.74, 6) is -0.846. The third-order valence-electron chi connectivity index (χ3n) is 3.11. The number of alkyl halides is 6. The number of ether oxygens (including phenoxy) is 1. The van der Waals surface area contributed by atoms with Crippen molar-refractivity contribution < 1.29 is 36.2 Å². The number of morpholine rings is 1. The Bertz CT molecular complexity index is 513. The molecule has 1 atom stereocenters. The first-order valence-corrected chi connectivity index (χ1v) is 5.92. The number of hydrogen-bond acceptors (Lipinski definition) is 3. The third-order valence-corrected chi connectivity index (χ3v) is 3.11. The Morgan fingerprint density at radius 1 is 1.14 bits per heavy atom. The number of benzene rings is 1. The molecule has 2 rings (SSSR count). The highest BCUT2D eigenvalue weighted by atomic mass is 19.4. The average molecular weight is 315 g/mol. The summed E-state index contributed by atoms with van der Waals surface area (Å²) in [6, 6.07) is 0.261. The van der Waals surface area contributed by atoms with Crippen LogP contribution in [0.1, 0.15) is 5.56 Å². The second kappa shape index (κ2) is 5.28. The topological polar surface area (TPSA) is 32.7 Å². The van der Waals surface area contributed by atoms with Gasteiger partial charge in [-0.15, -0.1) is 0 Å². The van der Waals surface area contributed by atoms with Crippen molar-refractivity contribution in [1.82, 2.24) is 0 Å². The number of hydrogen-bond donors (Lipinski definition) is 1. The molecule has 1 aromatic rings. The zero-order chi connectivity index (χ0) is 15.8. The van der Waals surface area contributed by atoms with Crippen LogP contribution in [0.4, 0.5) is 32.0 Å². The van der Waals surface area contributed by atoms with Crippen LogP contribution in [0.15, 0.2) is 18.2 Å². The van der Waals surface area contributed by atoms with Gasteiger partial charge in [-0.25, -0.2) is 0 Å². The van der Waals surface area contributed by atoms with Gasteiger partial charge in [0.1, 0.15) is 11.8 Å². The summed E-state index contributed by atoms with van der Waals surface area (Å²) in [5, 5.41) is 9.64. The van der Waals surface area contributed by atoms with E-state index in [0.717, 1.165) is 12.1 Å². The minimum atomic E-state index is -4.87. The summed E-state index contributed by atoms with van der Waals surface area (Å²) in [4.78, 5) is 0.502. The summed E-state index contributed by atoms with van der Waals surface area (Å²) in [7, 11) is 0. The summed E-state index contributed by atoms with van der Waals surface area (Å²) >= 11 is 0. The molecule has 0 radical (unpaired) electrons. The number of para-hydroxylation sites is 1. The van der Waals surface area contributed by atoms with Crippen LogP contribution in [-0.4, -0.2) is 37.1 Å². The Morgan fingerprint density at radius 3 is 2.38 bits per heavy atom. The van der Waals surface area contributed by atoms with Gasteiger partial charge in [-0.1, -0.05) is 6.07 Å². The van der Waals surface area contributed by atoms with E-state index in [1.165, 1.54) is 0 Å². The molecule has 1 unspecified atom stereocenters. The normalized spacial score (nSPS) is 20.7. The number of nitrogens with zero attached hydrogens (tertiary/aromatic N) is 1. The van der Waals surface area contributed by atoms with Gasteiger partial charge in [0, 0.05) is 6.54 Å². The standard InChI is InChI=1S/C12H11F6NO2/c13-11(14,15)7-2-1-3-8(20)10(7)19-4-5-21-6-9(19)12(16,17)18/h1-3,9,20H,4-6H2. The molecule has 0 bridgehead atoms. The van der Waals surface area contributed by atoms with Crippen molar-refractivity contribution in [3.63, 3.8) is 0 Å². The van der Waals surface area contributed by atoms with Crippen LogP contribution in [0, 0.1) is 0 Å². The number of aromatic hydroxyl groups is 1. The van der Waals surface area contributed by atoms with Gasteiger partial charge in [0.15, 0.2) is 0 Å². The number of anilines is 1. The van der Waals surface area contributed by atoms with Crippen LogP contribution in [0.2, 0.25) is 0 Å². The molecule has 1 N–H and O–H groups in total. The minimum absolute atomic E-state index is 0.155. The van der Waals surface area contributed by atoms with Gasteiger partial charge in [0.25, 0.3) is 0 Å². The van der Waals surface area contributed by atoms with Gasteiger partial charge in [0.05, 0.1) is 24.5 Å². The molecule has 9 heteroatoms. The Balaban J connectivity index is 2.53. The maximum Gasteiger partial charge on any atom is 0.418 e. The molecule has 0 aromatic heterocycles. The zero-order valence-electron chi connectivity index (χ0n) is 10.5. The fourth-order valence-corrected chi connectivity index (χ4v) is 2.20. The van der Waals surface area contributed by atoms with Gasteiger partial charge in [-0.2, -0.15) is 26.3 Å². The molecule has 3 nitrogen and oxygen atoms in total. The number of phenols is 1. The summed E-state index contributed by atoms with van der Waals surface area (Å²) in [5.41, 5.74) is -2.17. The maximum atomic E-state index is 13.0. The third kappa shape index (κ3) is 3.17. The smallest absolute Gasteiger partial charge is 0.418 e. The first-order chi connectivity index (χ1) is 9.62. The molecule has 1 aliphatic heterocycles. The van der Waals surface area contributed by atoms with Crippen molar-refractivity contribution in [2.45, 2.75) is 18.4 Å². The lowest BCUT2D eigenvalue weighted by Gasteiger charge is -2.39. The van der Waals surface area contributed by atoms with Crippen LogP contribution in [0.25, 0.3) is 0 Å². The highest BCUT2D eigenvalue weighted by Crippen LogP contribution is 2.44. The largest absolute Gasteiger partial charge is 0.506 e. The van der Waals surface area contributed by atoms with Gasteiger partial charge < -0.3 is 14.7 Å². The molecule has 0 spiro atoms. The van der Waals surface area contributed by atoms with Gasteiger partial charge in [-0.3, -0.25) is 0 Å². The van der Waals surface area contributed by atoms with E-state index < -0.39 is 48.5 Å². The fraction of sp³-hybridized carbons (Fsp3) is 0.500. The Kier molecular flexibility index (Phi) is 3.96.